The average Bonchev–Trinajstić information content (AvgIpc) is 3.38. The fourth-order valence-corrected chi connectivity index (χ4v) is 3.34. The van der Waals surface area contributed by atoms with Gasteiger partial charge in [0.25, 0.3) is 0 Å². The molecule has 3 aromatic rings. The summed E-state index contributed by atoms with van der Waals surface area (Å²) in [5, 5.41) is 9.31. The molecule has 0 aromatic carbocycles. The van der Waals surface area contributed by atoms with Crippen LogP contribution in [0.15, 0.2) is 49.3 Å². The van der Waals surface area contributed by atoms with Gasteiger partial charge < -0.3 is 9.80 Å². The van der Waals surface area contributed by atoms with Gasteiger partial charge in [-0.15, -0.1) is 0 Å². The molecule has 0 bridgehead atoms. The molecule has 0 amide bonds. The molecule has 144 valence electrons. The topological polar surface area (TPSA) is 55.0 Å². The van der Waals surface area contributed by atoms with E-state index in [9.17, 15) is 0 Å². The molecular weight excluding hydrogens is 350 g/mol. The van der Waals surface area contributed by atoms with Gasteiger partial charge in [-0.25, -0.2) is 9.67 Å². The second kappa shape index (κ2) is 7.34. The molecule has 0 unspecified atom stereocenters. The van der Waals surface area contributed by atoms with Crippen molar-refractivity contribution in [3.05, 3.63) is 60.7 Å². The number of hydrogen-bond acceptors (Lipinski definition) is 5. The van der Waals surface area contributed by atoms with Gasteiger partial charge in [0.2, 0.25) is 0 Å². The number of aromatic nitrogens is 5. The summed E-state index contributed by atoms with van der Waals surface area (Å²) in [6, 6.07) is 10.1. The summed E-state index contributed by atoms with van der Waals surface area (Å²) in [7, 11) is 2.08. The molecule has 0 saturated heterocycles. The zero-order valence-corrected chi connectivity index (χ0v) is 16.6. The Balaban J connectivity index is 1.54. The smallest absolute Gasteiger partial charge is 0.111 e. The van der Waals surface area contributed by atoms with E-state index in [0.29, 0.717) is 0 Å². The van der Waals surface area contributed by atoms with Crippen molar-refractivity contribution < 1.29 is 0 Å². The third-order valence-corrected chi connectivity index (χ3v) is 4.89. The number of rotatable bonds is 6. The molecule has 28 heavy (non-hydrogen) atoms. The lowest BCUT2D eigenvalue weighted by Crippen LogP contribution is -2.26. The van der Waals surface area contributed by atoms with Crippen molar-refractivity contribution in [1.29, 1.82) is 0 Å². The van der Waals surface area contributed by atoms with Crippen molar-refractivity contribution in [1.82, 2.24) is 34.3 Å². The van der Waals surface area contributed by atoms with E-state index in [0.717, 1.165) is 53.9 Å². The van der Waals surface area contributed by atoms with Crippen molar-refractivity contribution in [3.8, 4) is 22.8 Å². The first-order valence-corrected chi connectivity index (χ1v) is 9.37. The minimum absolute atomic E-state index is 0.832. The Kier molecular flexibility index (Phi) is 4.73. The lowest BCUT2D eigenvalue weighted by atomic mass is 10.2. The van der Waals surface area contributed by atoms with E-state index in [1.165, 1.54) is 0 Å². The zero-order chi connectivity index (χ0) is 19.7. The molecule has 7 heteroatoms. The Morgan fingerprint density at radius 2 is 1.68 bits per heavy atom. The van der Waals surface area contributed by atoms with E-state index in [1.54, 1.807) is 10.9 Å². The highest BCUT2D eigenvalue weighted by molar-refractivity contribution is 5.62. The summed E-state index contributed by atoms with van der Waals surface area (Å²) in [6.07, 6.45) is 5.91. The first-order chi connectivity index (χ1) is 13.5. The zero-order valence-electron chi connectivity index (χ0n) is 16.6. The third kappa shape index (κ3) is 3.55. The summed E-state index contributed by atoms with van der Waals surface area (Å²) in [4.78, 5) is 9.22. The van der Waals surface area contributed by atoms with E-state index in [4.69, 9.17) is 10.1 Å². The van der Waals surface area contributed by atoms with Gasteiger partial charge >= 0.3 is 0 Å². The van der Waals surface area contributed by atoms with E-state index in [2.05, 4.69) is 53.9 Å². The lowest BCUT2D eigenvalue weighted by Gasteiger charge is -2.18. The van der Waals surface area contributed by atoms with Gasteiger partial charge in [-0.05, 0) is 38.1 Å². The molecule has 1 aliphatic heterocycles. The molecule has 0 spiro atoms. The maximum atomic E-state index is 4.79. The highest BCUT2D eigenvalue weighted by Crippen LogP contribution is 2.22. The Labute approximate surface area is 165 Å². The fraction of sp³-hybridized carbons (Fsp3) is 0.286. The predicted octanol–water partition coefficient (Wildman–Crippen LogP) is 3.20. The van der Waals surface area contributed by atoms with Crippen LogP contribution in [0, 0.1) is 13.8 Å². The van der Waals surface area contributed by atoms with Gasteiger partial charge in [-0.1, -0.05) is 12.6 Å². The van der Waals surface area contributed by atoms with Gasteiger partial charge in [0.1, 0.15) is 11.4 Å². The van der Waals surface area contributed by atoms with Crippen molar-refractivity contribution >= 4 is 6.20 Å². The first kappa shape index (κ1) is 18.0. The van der Waals surface area contributed by atoms with Gasteiger partial charge in [-0.2, -0.15) is 10.2 Å². The van der Waals surface area contributed by atoms with Crippen LogP contribution in [-0.2, 0) is 6.54 Å². The normalized spacial score (nSPS) is 13.5. The Hall–Kier alpha value is -3.35. The van der Waals surface area contributed by atoms with E-state index < -0.39 is 0 Å². The van der Waals surface area contributed by atoms with Crippen LogP contribution in [0.5, 0.6) is 0 Å². The van der Waals surface area contributed by atoms with Crippen LogP contribution in [0.25, 0.3) is 29.0 Å². The summed E-state index contributed by atoms with van der Waals surface area (Å²) in [5.41, 5.74) is 5.56. The first-order valence-electron chi connectivity index (χ1n) is 9.37. The summed E-state index contributed by atoms with van der Waals surface area (Å²) in [6.45, 7) is 10.6. The summed E-state index contributed by atoms with van der Waals surface area (Å²) in [5.74, 6) is 0. The molecule has 0 radical (unpaired) electrons. The Morgan fingerprint density at radius 1 is 0.964 bits per heavy atom. The maximum absolute atomic E-state index is 4.79. The monoisotopic (exact) mass is 375 g/mol. The lowest BCUT2D eigenvalue weighted by molar-refractivity contribution is 0.283. The van der Waals surface area contributed by atoms with Crippen molar-refractivity contribution in [2.75, 3.05) is 20.3 Å². The molecule has 3 aromatic heterocycles. The second-order valence-electron chi connectivity index (χ2n) is 7.11. The average molecular weight is 375 g/mol. The Bertz CT molecular complexity index is 1030. The quantitative estimate of drug-likeness (QED) is 0.662. The molecule has 4 rings (SSSR count). The molecule has 0 fully saturated rings. The SMILES string of the molecule is C=Cn1nc(-c2cccc(-c3cc(C)n(CCN4C=CN(C)C4)n3)n2)cc1C. The molecule has 0 atom stereocenters. The van der Waals surface area contributed by atoms with E-state index in [1.807, 2.05) is 35.9 Å². The minimum atomic E-state index is 0.832. The van der Waals surface area contributed by atoms with E-state index >= 15 is 0 Å². The van der Waals surface area contributed by atoms with Crippen LogP contribution in [0.3, 0.4) is 0 Å². The van der Waals surface area contributed by atoms with E-state index in [-0.39, 0.29) is 0 Å². The predicted molar refractivity (Wildman–Crippen MR) is 111 cm³/mol. The van der Waals surface area contributed by atoms with Gasteiger partial charge in [0.05, 0.1) is 24.6 Å². The largest absolute Gasteiger partial charge is 0.362 e. The van der Waals surface area contributed by atoms with Crippen molar-refractivity contribution in [2.45, 2.75) is 20.4 Å². The third-order valence-electron chi connectivity index (χ3n) is 4.89. The summed E-state index contributed by atoms with van der Waals surface area (Å²) < 4.78 is 3.80. The standard InChI is InChI=1S/C21H25N7/c1-5-27-16(2)13-20(23-27)18-7-6-8-19(22-18)21-14-17(3)28(24-21)12-11-26-10-9-25(4)15-26/h5-10,13-14H,1,11-12,15H2,2-4H3. The number of pyridine rings is 1. The molecule has 0 saturated carbocycles. The molecule has 4 heterocycles. The molecule has 0 N–H and O–H groups in total. The van der Waals surface area contributed by atoms with Gasteiger partial charge in [-0.3, -0.25) is 4.68 Å². The van der Waals surface area contributed by atoms with Crippen LogP contribution in [0.1, 0.15) is 11.4 Å². The van der Waals surface area contributed by atoms with Crippen LogP contribution in [-0.4, -0.2) is 54.6 Å². The number of aryl methyl sites for hydroxylation is 2. The van der Waals surface area contributed by atoms with Crippen LogP contribution in [0.4, 0.5) is 0 Å². The molecule has 0 aliphatic carbocycles. The second-order valence-corrected chi connectivity index (χ2v) is 7.11. The molecular formula is C21H25N7. The Morgan fingerprint density at radius 3 is 2.32 bits per heavy atom. The van der Waals surface area contributed by atoms with Crippen LogP contribution in [0.2, 0.25) is 0 Å². The summed E-state index contributed by atoms with van der Waals surface area (Å²) >= 11 is 0. The van der Waals surface area contributed by atoms with Gasteiger partial charge in [0, 0.05) is 43.6 Å². The van der Waals surface area contributed by atoms with Gasteiger partial charge in [0.15, 0.2) is 0 Å². The fourth-order valence-electron chi connectivity index (χ4n) is 3.34. The maximum Gasteiger partial charge on any atom is 0.111 e. The van der Waals surface area contributed by atoms with Crippen LogP contribution >= 0.6 is 0 Å². The highest BCUT2D eigenvalue weighted by atomic mass is 15.4. The molecule has 1 aliphatic rings. The number of nitrogens with zero attached hydrogens (tertiary/aromatic N) is 7. The number of hydrogen-bond donors (Lipinski definition) is 0. The molecule has 7 nitrogen and oxygen atoms in total. The van der Waals surface area contributed by atoms with Crippen molar-refractivity contribution in [3.63, 3.8) is 0 Å². The minimum Gasteiger partial charge on any atom is -0.362 e. The van der Waals surface area contributed by atoms with Crippen LogP contribution < -0.4 is 0 Å². The van der Waals surface area contributed by atoms with Crippen molar-refractivity contribution in [2.24, 2.45) is 0 Å². The highest BCUT2D eigenvalue weighted by Gasteiger charge is 2.13.